The van der Waals surface area contributed by atoms with Gasteiger partial charge in [0.05, 0.1) is 18.5 Å². The van der Waals surface area contributed by atoms with Crippen LogP contribution in [0.25, 0.3) is 0 Å². The second-order valence-electron chi connectivity index (χ2n) is 6.80. The molecule has 4 rings (SSSR count). The van der Waals surface area contributed by atoms with E-state index in [-0.39, 0.29) is 24.9 Å². The first-order valence-electron chi connectivity index (χ1n) is 9.57. The second kappa shape index (κ2) is 9.15. The molecule has 0 spiro atoms. The molecule has 2 heterocycles. The predicted octanol–water partition coefficient (Wildman–Crippen LogP) is 3.10. The second-order valence-corrected chi connectivity index (χ2v) is 7.87. The Morgan fingerprint density at radius 1 is 1.19 bits per heavy atom. The number of hydrogen-bond donors (Lipinski definition) is 2. The van der Waals surface area contributed by atoms with Crippen molar-refractivity contribution in [3.8, 4) is 0 Å². The van der Waals surface area contributed by atoms with Crippen molar-refractivity contribution in [2.24, 2.45) is 4.99 Å². The number of rotatable bonds is 6. The fraction of sp³-hybridized carbons (Fsp3) is 0.136. The molecule has 7 nitrogen and oxygen atoms in total. The van der Waals surface area contributed by atoms with Crippen molar-refractivity contribution < 1.29 is 24.1 Å². The third kappa shape index (κ3) is 4.84. The Labute approximate surface area is 182 Å². The molecule has 1 fully saturated rings. The van der Waals surface area contributed by atoms with Gasteiger partial charge in [-0.1, -0.05) is 30.0 Å². The van der Waals surface area contributed by atoms with Crippen LogP contribution < -0.4 is 11.1 Å². The van der Waals surface area contributed by atoms with Crippen molar-refractivity contribution >= 4 is 40.1 Å². The third-order valence-electron chi connectivity index (χ3n) is 4.60. The van der Waals surface area contributed by atoms with E-state index >= 15 is 0 Å². The zero-order chi connectivity index (χ0) is 21.8. The summed E-state index contributed by atoms with van der Waals surface area (Å²) in [5, 5.41) is 2.68. The molecule has 9 heteroatoms. The van der Waals surface area contributed by atoms with Gasteiger partial charge in [0, 0.05) is 5.69 Å². The largest absolute Gasteiger partial charge is 0.467 e. The molecular formula is C22H20FN4O3S+. The predicted molar refractivity (Wildman–Crippen MR) is 116 cm³/mol. The molecule has 4 N–H and O–H groups in total. The topological polar surface area (TPSA) is 103 Å². The molecule has 0 saturated carbocycles. The smallest absolute Gasteiger partial charge is 0.279 e. The van der Waals surface area contributed by atoms with E-state index in [1.165, 1.54) is 28.8 Å². The van der Waals surface area contributed by atoms with E-state index in [9.17, 15) is 14.0 Å². The average Bonchev–Trinajstić information content (AvgIpc) is 3.38. The van der Waals surface area contributed by atoms with E-state index in [2.05, 4.69) is 16.0 Å². The van der Waals surface area contributed by atoms with Gasteiger partial charge in [-0.25, -0.2) is 9.38 Å². The minimum Gasteiger partial charge on any atom is -0.467 e. The molecule has 2 amide bonds. The molecule has 1 aliphatic heterocycles. The van der Waals surface area contributed by atoms with E-state index in [4.69, 9.17) is 4.42 Å². The monoisotopic (exact) mass is 439 g/mol. The average molecular weight is 439 g/mol. The number of anilines is 1. The Hall–Kier alpha value is -3.43. The number of carbonyl (C=O) groups excluding carboxylic acids is 2. The summed E-state index contributed by atoms with van der Waals surface area (Å²) < 4.78 is 19.0. The number of amides is 2. The van der Waals surface area contributed by atoms with Crippen LogP contribution in [-0.2, 0) is 16.1 Å². The number of carbonyl (C=O) groups is 2. The number of nitrogens with zero attached hydrogens (tertiary/aromatic N) is 2. The summed E-state index contributed by atoms with van der Waals surface area (Å²) in [5.74, 6) is -0.114. The van der Waals surface area contributed by atoms with Crippen LogP contribution in [0.2, 0.25) is 0 Å². The first-order chi connectivity index (χ1) is 15.0. The van der Waals surface area contributed by atoms with Gasteiger partial charge in [0.25, 0.3) is 5.91 Å². The molecule has 1 saturated heterocycles. The molecule has 2 aromatic carbocycles. The number of halogens is 1. The lowest BCUT2D eigenvalue weighted by Gasteiger charge is -2.15. The maximum atomic E-state index is 13.6. The number of benzene rings is 2. The van der Waals surface area contributed by atoms with Gasteiger partial charge in [0.15, 0.2) is 11.7 Å². The van der Waals surface area contributed by atoms with Crippen LogP contribution in [0.5, 0.6) is 0 Å². The van der Waals surface area contributed by atoms with Crippen LogP contribution in [0.15, 0.2) is 76.3 Å². The van der Waals surface area contributed by atoms with E-state index in [0.29, 0.717) is 22.3 Å². The number of nitrogens with one attached hydrogen (secondary N) is 1. The van der Waals surface area contributed by atoms with E-state index in [0.717, 1.165) is 5.56 Å². The zero-order valence-electron chi connectivity index (χ0n) is 16.5. The lowest BCUT2D eigenvalue weighted by Crippen LogP contribution is -2.55. The third-order valence-corrected chi connectivity index (χ3v) is 5.83. The normalized spacial score (nSPS) is 17.4. The van der Waals surface area contributed by atoms with Crippen LogP contribution in [0.4, 0.5) is 15.8 Å². The van der Waals surface area contributed by atoms with Gasteiger partial charge in [-0.15, -0.1) is 0 Å². The molecule has 0 bridgehead atoms. The van der Waals surface area contributed by atoms with Crippen molar-refractivity contribution in [1.82, 2.24) is 4.90 Å². The molecule has 158 valence electrons. The number of aliphatic imine (C=N–C) groups is 1. The van der Waals surface area contributed by atoms with Gasteiger partial charge in [0.1, 0.15) is 16.8 Å². The number of hydrogen-bond acceptors (Lipinski definition) is 5. The van der Waals surface area contributed by atoms with Gasteiger partial charge in [-0.3, -0.25) is 14.5 Å². The Balaban J connectivity index is 1.62. The fourth-order valence-electron chi connectivity index (χ4n) is 3.08. The zero-order valence-corrected chi connectivity index (χ0v) is 17.3. The highest BCUT2D eigenvalue weighted by atomic mass is 32.2. The molecule has 1 aliphatic rings. The molecule has 0 aliphatic carbocycles. The molecular weight excluding hydrogens is 419 g/mol. The van der Waals surface area contributed by atoms with Crippen molar-refractivity contribution in [3.05, 3.63) is 84.1 Å². The number of thioether (sulfide) groups is 1. The van der Waals surface area contributed by atoms with E-state index in [1.807, 2.05) is 0 Å². The standard InChI is InChI=1S/C22H19FN4O3S/c23-15-3-1-4-17(11-15)26-22-27(13-18-5-2-10-30-18)21(29)20(31-22)14-6-8-16(9-7-14)25-19(28)12-24/h1-11,20H,12-13,24H2,(H,25,28)/p+1. The molecule has 1 aromatic heterocycles. The van der Waals surface area contributed by atoms with Crippen LogP contribution in [-0.4, -0.2) is 28.4 Å². The maximum absolute atomic E-state index is 13.6. The fourth-order valence-corrected chi connectivity index (χ4v) is 4.25. The lowest BCUT2D eigenvalue weighted by molar-refractivity contribution is -0.353. The SMILES string of the molecule is [NH3+]CC(=O)Nc1ccc(C2SC(=Nc3cccc(F)c3)N(Cc3ccco3)C2=O)cc1. The number of amidine groups is 1. The van der Waals surface area contributed by atoms with Crippen LogP contribution in [0, 0.1) is 5.82 Å². The quantitative estimate of drug-likeness (QED) is 0.616. The Morgan fingerprint density at radius 2 is 2.00 bits per heavy atom. The molecule has 0 radical (unpaired) electrons. The molecule has 1 unspecified atom stereocenters. The molecule has 3 aromatic rings. The molecule has 31 heavy (non-hydrogen) atoms. The summed E-state index contributed by atoms with van der Waals surface area (Å²) in [7, 11) is 0. The van der Waals surface area contributed by atoms with Crippen LogP contribution in [0.1, 0.15) is 16.6 Å². The summed E-state index contributed by atoms with van der Waals surface area (Å²) in [6.45, 7) is 0.363. The Kier molecular flexibility index (Phi) is 6.15. The van der Waals surface area contributed by atoms with Crippen molar-refractivity contribution in [2.45, 2.75) is 11.8 Å². The van der Waals surface area contributed by atoms with Gasteiger partial charge in [0.2, 0.25) is 5.91 Å². The lowest BCUT2D eigenvalue weighted by atomic mass is 10.1. The Bertz CT molecular complexity index is 1120. The van der Waals surface area contributed by atoms with Crippen molar-refractivity contribution in [3.63, 3.8) is 0 Å². The van der Waals surface area contributed by atoms with Crippen LogP contribution in [0.3, 0.4) is 0 Å². The van der Waals surface area contributed by atoms with Crippen molar-refractivity contribution in [1.29, 1.82) is 0 Å². The van der Waals surface area contributed by atoms with Gasteiger partial charge in [-0.05, 0) is 48.0 Å². The number of furan rings is 1. The summed E-state index contributed by atoms with van der Waals surface area (Å²) in [4.78, 5) is 30.8. The maximum Gasteiger partial charge on any atom is 0.279 e. The Morgan fingerprint density at radius 3 is 2.68 bits per heavy atom. The van der Waals surface area contributed by atoms with E-state index in [1.54, 1.807) is 54.8 Å². The highest BCUT2D eigenvalue weighted by Crippen LogP contribution is 2.41. The summed E-state index contributed by atoms with van der Waals surface area (Å²) in [6.07, 6.45) is 1.54. The first-order valence-corrected chi connectivity index (χ1v) is 10.4. The summed E-state index contributed by atoms with van der Waals surface area (Å²) >= 11 is 1.29. The minimum atomic E-state index is -0.514. The minimum absolute atomic E-state index is 0.139. The highest BCUT2D eigenvalue weighted by molar-refractivity contribution is 8.15. The van der Waals surface area contributed by atoms with Crippen molar-refractivity contribution in [2.75, 3.05) is 11.9 Å². The first kappa shape index (κ1) is 20.8. The van der Waals surface area contributed by atoms with E-state index < -0.39 is 11.1 Å². The highest BCUT2D eigenvalue weighted by Gasteiger charge is 2.39. The summed E-state index contributed by atoms with van der Waals surface area (Å²) in [5.41, 5.74) is 5.38. The molecule has 1 atom stereocenters. The van der Waals surface area contributed by atoms with Gasteiger partial charge >= 0.3 is 0 Å². The number of quaternary nitrogens is 1. The summed E-state index contributed by atoms with van der Waals surface area (Å²) in [6, 6.07) is 16.5. The van der Waals surface area contributed by atoms with Crippen LogP contribution >= 0.6 is 11.8 Å². The van der Waals surface area contributed by atoms with Gasteiger partial charge < -0.3 is 15.5 Å². The van der Waals surface area contributed by atoms with Gasteiger partial charge in [-0.2, -0.15) is 0 Å².